The molecule has 0 aromatic carbocycles. The first-order valence-corrected chi connectivity index (χ1v) is 5.68. The molecule has 5 nitrogen and oxygen atoms in total. The zero-order valence-corrected chi connectivity index (χ0v) is 9.76. The van der Waals surface area contributed by atoms with Crippen LogP contribution in [0.1, 0.15) is 20.8 Å². The van der Waals surface area contributed by atoms with Crippen LogP contribution < -0.4 is 5.32 Å². The summed E-state index contributed by atoms with van der Waals surface area (Å²) in [6.07, 6.45) is 0. The van der Waals surface area contributed by atoms with Crippen LogP contribution in [0.3, 0.4) is 0 Å². The van der Waals surface area contributed by atoms with Crippen LogP contribution in [-0.4, -0.2) is 39.8 Å². The summed E-state index contributed by atoms with van der Waals surface area (Å²) >= 11 is 1.26. The molecule has 0 aromatic rings. The van der Waals surface area contributed by atoms with Crippen LogP contribution in [0.25, 0.3) is 0 Å². The molecule has 0 radical (unpaired) electrons. The molecular formula is C9H15NO4S. The molecule has 15 heavy (non-hydrogen) atoms. The van der Waals surface area contributed by atoms with Gasteiger partial charge in [-0.1, -0.05) is 0 Å². The topological polar surface area (TPSA) is 75.6 Å². The molecule has 0 spiro atoms. The molecule has 1 fully saturated rings. The van der Waals surface area contributed by atoms with Gasteiger partial charge in [0, 0.05) is 5.75 Å². The monoisotopic (exact) mass is 233 g/mol. The van der Waals surface area contributed by atoms with Crippen molar-refractivity contribution in [2.24, 2.45) is 0 Å². The van der Waals surface area contributed by atoms with E-state index in [1.165, 1.54) is 11.8 Å². The van der Waals surface area contributed by atoms with Gasteiger partial charge in [0.25, 0.3) is 0 Å². The van der Waals surface area contributed by atoms with E-state index in [2.05, 4.69) is 5.32 Å². The standard InChI is InChI=1S/C9H15NO4S/c1-9(2,3)14-8(13)6-10-5(4-15-6)7(11)12/h5-6,10H,4H2,1-3H3,(H,11,12)/t5-,6-/m0/s1. The van der Waals surface area contributed by atoms with E-state index < -0.39 is 29.0 Å². The predicted molar refractivity (Wildman–Crippen MR) is 56.7 cm³/mol. The van der Waals surface area contributed by atoms with Crippen molar-refractivity contribution in [1.82, 2.24) is 5.32 Å². The molecule has 6 heteroatoms. The molecule has 86 valence electrons. The lowest BCUT2D eigenvalue weighted by Gasteiger charge is -2.21. The Labute approximate surface area is 92.6 Å². The van der Waals surface area contributed by atoms with Gasteiger partial charge in [-0.15, -0.1) is 11.8 Å². The summed E-state index contributed by atoms with van der Waals surface area (Å²) in [5.74, 6) is -0.955. The second kappa shape index (κ2) is 4.40. The highest BCUT2D eigenvalue weighted by Crippen LogP contribution is 2.22. The normalized spacial score (nSPS) is 26.3. The van der Waals surface area contributed by atoms with Crippen LogP contribution in [0.15, 0.2) is 0 Å². The lowest BCUT2D eigenvalue weighted by molar-refractivity contribution is -0.154. The highest BCUT2D eigenvalue weighted by atomic mass is 32.2. The Morgan fingerprint density at radius 1 is 1.47 bits per heavy atom. The predicted octanol–water partition coefficient (Wildman–Crippen LogP) is 0.444. The van der Waals surface area contributed by atoms with Crippen molar-refractivity contribution in [3.63, 3.8) is 0 Å². The number of hydrogen-bond acceptors (Lipinski definition) is 5. The van der Waals surface area contributed by atoms with Gasteiger partial charge in [-0.2, -0.15) is 0 Å². The maximum atomic E-state index is 11.5. The van der Waals surface area contributed by atoms with Crippen molar-refractivity contribution >= 4 is 23.7 Å². The number of carbonyl (C=O) groups is 2. The Hall–Kier alpha value is -0.750. The fourth-order valence-electron chi connectivity index (χ4n) is 1.11. The van der Waals surface area contributed by atoms with Gasteiger partial charge in [0.2, 0.25) is 0 Å². The quantitative estimate of drug-likeness (QED) is 0.674. The lowest BCUT2D eigenvalue weighted by Crippen LogP contribution is -2.42. The number of carboxylic acids is 1. The van der Waals surface area contributed by atoms with Gasteiger partial charge in [0.05, 0.1) is 0 Å². The van der Waals surface area contributed by atoms with Crippen molar-refractivity contribution in [1.29, 1.82) is 0 Å². The second-order valence-electron chi connectivity index (χ2n) is 4.30. The molecule has 1 heterocycles. The molecule has 0 aliphatic carbocycles. The van der Waals surface area contributed by atoms with Crippen LogP contribution in [0, 0.1) is 0 Å². The van der Waals surface area contributed by atoms with Gasteiger partial charge < -0.3 is 9.84 Å². The summed E-state index contributed by atoms with van der Waals surface area (Å²) in [6.45, 7) is 5.33. The number of ether oxygens (including phenoxy) is 1. The van der Waals surface area contributed by atoms with Gasteiger partial charge in [-0.05, 0) is 20.8 Å². The molecule has 0 saturated carbocycles. The summed E-state index contributed by atoms with van der Waals surface area (Å²) < 4.78 is 5.13. The van der Waals surface area contributed by atoms with Crippen LogP contribution in [-0.2, 0) is 14.3 Å². The molecule has 0 bridgehead atoms. The van der Waals surface area contributed by atoms with Gasteiger partial charge in [0.1, 0.15) is 11.6 Å². The van der Waals surface area contributed by atoms with E-state index in [1.54, 1.807) is 20.8 Å². The minimum atomic E-state index is -0.937. The van der Waals surface area contributed by atoms with Crippen LogP contribution in [0.2, 0.25) is 0 Å². The highest BCUT2D eigenvalue weighted by Gasteiger charge is 2.36. The van der Waals surface area contributed by atoms with Crippen LogP contribution in [0.5, 0.6) is 0 Å². The average Bonchev–Trinajstić information content (AvgIpc) is 2.47. The summed E-state index contributed by atoms with van der Waals surface area (Å²) in [5, 5.41) is 10.9. The van der Waals surface area contributed by atoms with Crippen molar-refractivity contribution in [3.8, 4) is 0 Å². The summed E-state index contributed by atoms with van der Waals surface area (Å²) in [7, 11) is 0. The Balaban J connectivity index is 2.47. The second-order valence-corrected chi connectivity index (χ2v) is 5.44. The molecule has 0 unspecified atom stereocenters. The molecule has 2 atom stereocenters. The van der Waals surface area contributed by atoms with E-state index in [1.807, 2.05) is 0 Å². The number of aliphatic carboxylic acids is 1. The van der Waals surface area contributed by atoms with Crippen molar-refractivity contribution < 1.29 is 19.4 Å². The third-order valence-corrected chi connectivity index (χ3v) is 2.89. The third-order valence-electron chi connectivity index (χ3n) is 1.70. The molecule has 0 aromatic heterocycles. The number of esters is 1. The molecular weight excluding hydrogens is 218 g/mol. The maximum absolute atomic E-state index is 11.5. The third kappa shape index (κ3) is 3.71. The number of hydrogen-bond donors (Lipinski definition) is 2. The van der Waals surface area contributed by atoms with E-state index in [4.69, 9.17) is 9.84 Å². The number of thioether (sulfide) groups is 1. The lowest BCUT2D eigenvalue weighted by atomic mass is 10.2. The van der Waals surface area contributed by atoms with Crippen molar-refractivity contribution in [3.05, 3.63) is 0 Å². The van der Waals surface area contributed by atoms with Crippen molar-refractivity contribution in [2.45, 2.75) is 37.8 Å². The van der Waals surface area contributed by atoms with Gasteiger partial charge in [-0.3, -0.25) is 10.1 Å². The van der Waals surface area contributed by atoms with Gasteiger partial charge in [-0.25, -0.2) is 4.79 Å². The molecule has 1 saturated heterocycles. The summed E-state index contributed by atoms with van der Waals surface area (Å²) in [6, 6.07) is -0.660. The summed E-state index contributed by atoms with van der Waals surface area (Å²) in [5.41, 5.74) is -0.541. The molecule has 1 rings (SSSR count). The molecule has 1 aliphatic rings. The Bertz CT molecular complexity index is 274. The largest absolute Gasteiger partial charge is 0.480 e. The summed E-state index contributed by atoms with van der Waals surface area (Å²) in [4.78, 5) is 22.2. The van der Waals surface area contributed by atoms with E-state index >= 15 is 0 Å². The van der Waals surface area contributed by atoms with Crippen LogP contribution >= 0.6 is 11.8 Å². The molecule has 1 aliphatic heterocycles. The number of carbonyl (C=O) groups excluding carboxylic acids is 1. The SMILES string of the molecule is CC(C)(C)OC(=O)[C@H]1N[C@H](C(=O)O)CS1. The Morgan fingerprint density at radius 2 is 2.07 bits per heavy atom. The average molecular weight is 233 g/mol. The smallest absolute Gasteiger partial charge is 0.334 e. The van der Waals surface area contributed by atoms with Gasteiger partial charge >= 0.3 is 11.9 Å². The first-order valence-electron chi connectivity index (χ1n) is 4.63. The Kier molecular flexibility index (Phi) is 3.62. The Morgan fingerprint density at radius 3 is 2.47 bits per heavy atom. The maximum Gasteiger partial charge on any atom is 0.334 e. The van der Waals surface area contributed by atoms with E-state index in [-0.39, 0.29) is 0 Å². The number of carboxylic acid groups (broad SMARTS) is 1. The first kappa shape index (κ1) is 12.3. The van der Waals surface area contributed by atoms with E-state index in [0.29, 0.717) is 5.75 Å². The molecule has 0 amide bonds. The minimum Gasteiger partial charge on any atom is -0.480 e. The van der Waals surface area contributed by atoms with Gasteiger partial charge in [0.15, 0.2) is 5.37 Å². The number of nitrogens with one attached hydrogen (secondary N) is 1. The zero-order chi connectivity index (χ0) is 11.6. The fourth-order valence-corrected chi connectivity index (χ4v) is 2.17. The fraction of sp³-hybridized carbons (Fsp3) is 0.778. The van der Waals surface area contributed by atoms with Crippen molar-refractivity contribution in [2.75, 3.05) is 5.75 Å². The number of rotatable bonds is 2. The van der Waals surface area contributed by atoms with E-state index in [9.17, 15) is 9.59 Å². The van der Waals surface area contributed by atoms with Crippen LogP contribution in [0.4, 0.5) is 0 Å². The highest BCUT2D eigenvalue weighted by molar-refractivity contribution is 8.00. The first-order chi connectivity index (χ1) is 6.79. The molecule has 2 N–H and O–H groups in total. The van der Waals surface area contributed by atoms with E-state index in [0.717, 1.165) is 0 Å². The minimum absolute atomic E-state index is 0.388. The zero-order valence-electron chi connectivity index (χ0n) is 8.94.